The molecule has 0 saturated carbocycles. The fourth-order valence-electron chi connectivity index (χ4n) is 8.03. The number of fused-ring (bicyclic) bond motifs is 1. The SMILES string of the molecule is CS(=O)(=O)Nc1cc([C@@H](O)CNCCCCCCCCCN2CCC(N(C(=O)O)c3ccccc3-c3ccc(O)c(Cl)c3)CC2)ccc1O.O=S(=O)(O)c1cccc2c(S(=O)(=O)O)cccc12. The quantitative estimate of drug-likeness (QED) is 0.0208. The molecule has 1 fully saturated rings. The van der Waals surface area contributed by atoms with E-state index in [1.54, 1.807) is 18.2 Å². The summed E-state index contributed by atoms with van der Waals surface area (Å²) in [5, 5.41) is 43.9. The second-order valence-corrected chi connectivity index (χ2v) is 21.2. The Morgan fingerprint density at radius 1 is 0.746 bits per heavy atom. The zero-order chi connectivity index (χ0) is 48.9. The number of aliphatic hydroxyl groups is 1. The summed E-state index contributed by atoms with van der Waals surface area (Å²) < 4.78 is 87.9. The normalized spacial score (nSPS) is 14.3. The van der Waals surface area contributed by atoms with Crippen LogP contribution in [0.2, 0.25) is 5.02 Å². The number of likely N-dealkylation sites (tertiary alicyclic amines) is 1. The highest BCUT2D eigenvalue weighted by Gasteiger charge is 2.30. The number of nitrogens with one attached hydrogen (secondary N) is 2. The number of carbonyl (C=O) groups is 1. The summed E-state index contributed by atoms with van der Waals surface area (Å²) in [6.45, 7) is 3.83. The molecule has 5 aromatic rings. The minimum absolute atomic E-state index is 0.0124. The molecule has 364 valence electrons. The smallest absolute Gasteiger partial charge is 0.412 e. The summed E-state index contributed by atoms with van der Waals surface area (Å²) in [6, 6.07) is 24.1. The Hall–Kier alpha value is -5.03. The highest BCUT2D eigenvalue weighted by Crippen LogP contribution is 2.37. The van der Waals surface area contributed by atoms with Gasteiger partial charge < -0.3 is 30.6 Å². The minimum Gasteiger partial charge on any atom is -0.506 e. The molecule has 1 heterocycles. The predicted molar refractivity (Wildman–Crippen MR) is 259 cm³/mol. The van der Waals surface area contributed by atoms with Crippen LogP contribution in [0.25, 0.3) is 21.9 Å². The minimum atomic E-state index is -4.47. The van der Waals surface area contributed by atoms with Gasteiger partial charge in [-0.05, 0) is 92.4 Å². The van der Waals surface area contributed by atoms with Crippen LogP contribution in [-0.2, 0) is 30.3 Å². The van der Waals surface area contributed by atoms with Gasteiger partial charge in [0.15, 0.2) is 0 Å². The molecule has 1 saturated heterocycles. The first-order valence-electron chi connectivity index (χ1n) is 21.6. The first-order valence-corrected chi connectivity index (χ1v) is 26.8. The van der Waals surface area contributed by atoms with Crippen LogP contribution in [0.4, 0.5) is 16.2 Å². The average molecular weight is 1010 g/mol. The lowest BCUT2D eigenvalue weighted by molar-refractivity contribution is 0.174. The number of anilines is 2. The zero-order valence-electron chi connectivity index (χ0n) is 36.8. The van der Waals surface area contributed by atoms with Crippen LogP contribution in [-0.4, -0.2) is 111 Å². The van der Waals surface area contributed by atoms with Crippen LogP contribution >= 0.6 is 11.6 Å². The molecular formula is C46H57ClN4O13S3. The number of aromatic hydroxyl groups is 2. The van der Waals surface area contributed by atoms with Crippen molar-refractivity contribution in [3.05, 3.63) is 108 Å². The number of phenolic OH excluding ortho intramolecular Hbond substituents is 2. The van der Waals surface area contributed by atoms with Crippen molar-refractivity contribution >= 4 is 70.1 Å². The number of unbranched alkanes of at least 4 members (excludes halogenated alkanes) is 6. The number of benzene rings is 5. The van der Waals surface area contributed by atoms with Crippen LogP contribution in [0.15, 0.2) is 107 Å². The number of rotatable bonds is 20. The van der Waals surface area contributed by atoms with Gasteiger partial charge >= 0.3 is 6.09 Å². The summed E-state index contributed by atoms with van der Waals surface area (Å²) in [4.78, 5) is 15.6. The zero-order valence-corrected chi connectivity index (χ0v) is 40.0. The van der Waals surface area contributed by atoms with Crippen LogP contribution in [0.5, 0.6) is 11.5 Å². The maximum atomic E-state index is 12.5. The molecule has 6 rings (SSSR count). The van der Waals surface area contributed by atoms with Crippen molar-refractivity contribution in [3.63, 3.8) is 0 Å². The Bertz CT molecular complexity index is 2750. The third kappa shape index (κ3) is 15.5. The third-order valence-electron chi connectivity index (χ3n) is 11.3. The number of hydrogen-bond donors (Lipinski definition) is 8. The molecule has 5 aromatic carbocycles. The lowest BCUT2D eigenvalue weighted by Crippen LogP contribution is -2.47. The maximum absolute atomic E-state index is 12.5. The second-order valence-electron chi connectivity index (χ2n) is 16.3. The Labute approximate surface area is 396 Å². The van der Waals surface area contributed by atoms with Crippen molar-refractivity contribution in [3.8, 4) is 22.6 Å². The van der Waals surface area contributed by atoms with Crippen molar-refractivity contribution < 1.29 is 59.6 Å². The number of para-hydroxylation sites is 1. The number of amides is 1. The molecule has 1 aliphatic heterocycles. The molecule has 0 aromatic heterocycles. The van der Waals surface area contributed by atoms with Crippen molar-refractivity contribution in [2.45, 2.75) is 79.7 Å². The monoisotopic (exact) mass is 1000 g/mol. The van der Waals surface area contributed by atoms with E-state index in [9.17, 15) is 50.5 Å². The first-order chi connectivity index (χ1) is 31.6. The number of halogens is 1. The fraction of sp³-hybridized carbons (Fsp3) is 0.370. The van der Waals surface area contributed by atoms with E-state index in [0.29, 0.717) is 17.8 Å². The van der Waals surface area contributed by atoms with E-state index < -0.39 is 52.2 Å². The lowest BCUT2D eigenvalue weighted by atomic mass is 9.98. The first kappa shape index (κ1) is 52.9. The standard InChI is InChI=1S/C36H49ClN4O7S.C10H8O6S2/c1-49(47,48)39-31-24-27(14-16-34(31)43)35(44)25-38-19-9-5-3-2-4-6-10-20-40-21-17-28(18-22-40)41(36(45)46)32-12-8-7-11-29(32)26-13-15-33(42)30(37)23-26;11-17(12,13)9-5-1-3-7-8(9)4-2-6-10(7)18(14,15)16/h7-8,11-16,23-24,28,35,38-39,42-44H,2-6,9-10,17-22,25H2,1H3,(H,45,46);1-6H,(H,11,12,13)(H,14,15,16)/t35-;/m0./s1. The summed E-state index contributed by atoms with van der Waals surface area (Å²) in [5.41, 5.74) is 2.70. The van der Waals surface area contributed by atoms with Crippen molar-refractivity contribution in [2.75, 3.05) is 48.6 Å². The lowest BCUT2D eigenvalue weighted by Gasteiger charge is -2.38. The molecule has 0 spiro atoms. The van der Waals surface area contributed by atoms with Crippen molar-refractivity contribution in [1.29, 1.82) is 0 Å². The third-order valence-corrected chi connectivity index (χ3v) is 14.0. The molecule has 0 bridgehead atoms. The topological polar surface area (TPSA) is 271 Å². The molecule has 0 radical (unpaired) electrons. The molecule has 1 amide bonds. The molecule has 17 nitrogen and oxygen atoms in total. The van der Waals surface area contributed by atoms with Gasteiger partial charge in [0.1, 0.15) is 21.3 Å². The molecule has 1 aliphatic rings. The molecule has 0 aliphatic carbocycles. The number of aliphatic hydroxyl groups excluding tert-OH is 1. The number of phenols is 2. The Kier molecular flexibility index (Phi) is 18.8. The number of piperidine rings is 1. The summed E-state index contributed by atoms with van der Waals surface area (Å²) >= 11 is 6.15. The Morgan fingerprint density at radius 2 is 1.31 bits per heavy atom. The van der Waals surface area contributed by atoms with Gasteiger partial charge in [-0.1, -0.05) is 98.3 Å². The molecule has 8 N–H and O–H groups in total. The largest absolute Gasteiger partial charge is 0.506 e. The second kappa shape index (κ2) is 23.8. The van der Waals surface area contributed by atoms with Gasteiger partial charge in [-0.3, -0.25) is 18.7 Å². The number of nitrogens with zero attached hydrogens (tertiary/aromatic N) is 2. The molecule has 0 unspecified atom stereocenters. The van der Waals surface area contributed by atoms with E-state index in [1.807, 2.05) is 24.3 Å². The van der Waals surface area contributed by atoms with E-state index in [0.717, 1.165) is 101 Å². The van der Waals surface area contributed by atoms with Gasteiger partial charge in [-0.2, -0.15) is 16.8 Å². The van der Waals surface area contributed by atoms with Crippen molar-refractivity contribution in [1.82, 2.24) is 10.2 Å². The number of sulfonamides is 1. The van der Waals surface area contributed by atoms with Crippen LogP contribution in [0, 0.1) is 0 Å². The van der Waals surface area contributed by atoms with Gasteiger partial charge in [-0.15, -0.1) is 0 Å². The van der Waals surface area contributed by atoms with E-state index >= 15 is 0 Å². The molecule has 1 atom stereocenters. The fourth-order valence-corrected chi connectivity index (χ4v) is 10.2. The van der Waals surface area contributed by atoms with Gasteiger partial charge in [0, 0.05) is 42.0 Å². The van der Waals surface area contributed by atoms with Gasteiger partial charge in [0.2, 0.25) is 10.0 Å². The van der Waals surface area contributed by atoms with Crippen molar-refractivity contribution in [2.24, 2.45) is 0 Å². The Morgan fingerprint density at radius 3 is 1.88 bits per heavy atom. The maximum Gasteiger partial charge on any atom is 0.412 e. The van der Waals surface area contributed by atoms with Crippen LogP contribution in [0.3, 0.4) is 0 Å². The summed E-state index contributed by atoms with van der Waals surface area (Å²) in [6.07, 6.45) is 8.61. The van der Waals surface area contributed by atoms with Crippen LogP contribution < -0.4 is 14.9 Å². The van der Waals surface area contributed by atoms with Crippen LogP contribution in [0.1, 0.15) is 69.5 Å². The number of hydrogen-bond acceptors (Lipinski definition) is 12. The molecule has 21 heteroatoms. The van der Waals surface area contributed by atoms with Gasteiger partial charge in [0.25, 0.3) is 20.2 Å². The number of carboxylic acid groups (broad SMARTS) is 1. The van der Waals surface area contributed by atoms with Gasteiger partial charge in [0.05, 0.1) is 28.8 Å². The summed E-state index contributed by atoms with van der Waals surface area (Å²) in [5.74, 6) is -0.210. The Balaban J connectivity index is 0.000000388. The molecule has 67 heavy (non-hydrogen) atoms. The summed E-state index contributed by atoms with van der Waals surface area (Å²) in [7, 11) is -12.5. The predicted octanol–water partition coefficient (Wildman–Crippen LogP) is 8.13. The average Bonchev–Trinajstić information content (AvgIpc) is 3.26. The highest BCUT2D eigenvalue weighted by molar-refractivity contribution is 7.92. The van der Waals surface area contributed by atoms with E-state index in [-0.39, 0.29) is 39.0 Å². The highest BCUT2D eigenvalue weighted by atomic mass is 35.5. The van der Waals surface area contributed by atoms with Gasteiger partial charge in [-0.25, -0.2) is 13.2 Å². The van der Waals surface area contributed by atoms with E-state index in [1.165, 1.54) is 60.2 Å². The van der Waals surface area contributed by atoms with E-state index in [2.05, 4.69) is 14.9 Å². The molecular weight excluding hydrogens is 948 g/mol. The van der Waals surface area contributed by atoms with E-state index in [4.69, 9.17) is 20.7 Å².